The molecule has 1 N–H and O–H groups in total. The van der Waals surface area contributed by atoms with Gasteiger partial charge in [0.05, 0.1) is 17.6 Å². The number of fused-ring (bicyclic) bond motifs is 1. The smallest absolute Gasteiger partial charge is 0.262 e. The van der Waals surface area contributed by atoms with Crippen molar-refractivity contribution < 1.29 is 9.53 Å². The predicted octanol–water partition coefficient (Wildman–Crippen LogP) is 2.30. The van der Waals surface area contributed by atoms with Gasteiger partial charge in [0.15, 0.2) is 6.61 Å². The molecule has 1 aliphatic carbocycles. The van der Waals surface area contributed by atoms with E-state index in [0.29, 0.717) is 5.92 Å². The van der Waals surface area contributed by atoms with Gasteiger partial charge in [0.2, 0.25) is 0 Å². The highest BCUT2D eigenvalue weighted by Crippen LogP contribution is 2.45. The maximum absolute atomic E-state index is 11.3. The molecule has 0 atom stereocenters. The summed E-state index contributed by atoms with van der Waals surface area (Å²) in [6, 6.07) is 5.89. The molecule has 20 heavy (non-hydrogen) atoms. The molecule has 4 rings (SSSR count). The van der Waals surface area contributed by atoms with E-state index in [0.717, 1.165) is 22.7 Å². The number of nitrogens with zero attached hydrogens (tertiary/aromatic N) is 2. The number of carbonyl (C=O) groups excluding carboxylic acids is 1. The van der Waals surface area contributed by atoms with E-state index < -0.39 is 0 Å². The second-order valence-electron chi connectivity index (χ2n) is 5.39. The molecule has 1 aromatic heterocycles. The van der Waals surface area contributed by atoms with Gasteiger partial charge in [-0.15, -0.1) is 0 Å². The first kappa shape index (κ1) is 11.5. The Balaban J connectivity index is 1.79. The normalized spacial score (nSPS) is 17.4. The lowest BCUT2D eigenvalue weighted by Gasteiger charge is -2.18. The van der Waals surface area contributed by atoms with E-state index in [4.69, 9.17) is 4.74 Å². The van der Waals surface area contributed by atoms with Gasteiger partial charge in [0, 0.05) is 18.2 Å². The summed E-state index contributed by atoms with van der Waals surface area (Å²) in [5.41, 5.74) is 4.28. The minimum absolute atomic E-state index is 0.0807. The van der Waals surface area contributed by atoms with E-state index in [1.54, 1.807) is 0 Å². The van der Waals surface area contributed by atoms with Crippen LogP contribution >= 0.6 is 0 Å². The van der Waals surface area contributed by atoms with Gasteiger partial charge in [0.1, 0.15) is 5.75 Å². The molecule has 1 amide bonds. The second-order valence-corrected chi connectivity index (χ2v) is 5.39. The number of amides is 1. The number of benzene rings is 1. The van der Waals surface area contributed by atoms with Crippen LogP contribution in [0.5, 0.6) is 5.75 Å². The van der Waals surface area contributed by atoms with Crippen molar-refractivity contribution in [3.8, 4) is 17.0 Å². The lowest BCUT2D eigenvalue weighted by Crippen LogP contribution is -2.25. The first-order valence-electron chi connectivity index (χ1n) is 6.81. The van der Waals surface area contributed by atoms with E-state index >= 15 is 0 Å². The zero-order valence-corrected chi connectivity index (χ0v) is 11.2. The number of nitrogens with one attached hydrogen (secondary N) is 1. The average Bonchev–Trinajstić information content (AvgIpc) is 3.21. The number of aromatic nitrogens is 2. The number of aryl methyl sites for hydroxylation is 1. The second kappa shape index (κ2) is 4.10. The molecule has 102 valence electrons. The summed E-state index contributed by atoms with van der Waals surface area (Å²) < 4.78 is 7.40. The van der Waals surface area contributed by atoms with Crippen LogP contribution in [0.2, 0.25) is 0 Å². The Morgan fingerprint density at radius 3 is 3.05 bits per heavy atom. The third kappa shape index (κ3) is 1.78. The molecule has 1 aliphatic heterocycles. The molecule has 1 fully saturated rings. The summed E-state index contributed by atoms with van der Waals surface area (Å²) in [6.45, 7) is 0.0807. The fraction of sp³-hybridized carbons (Fsp3) is 0.333. The van der Waals surface area contributed by atoms with Crippen LogP contribution in [0.15, 0.2) is 24.4 Å². The first-order valence-corrected chi connectivity index (χ1v) is 6.81. The summed E-state index contributed by atoms with van der Waals surface area (Å²) in [4.78, 5) is 11.3. The number of carbonyl (C=O) groups is 1. The van der Waals surface area contributed by atoms with Gasteiger partial charge in [-0.1, -0.05) is 6.07 Å². The van der Waals surface area contributed by atoms with E-state index in [1.165, 1.54) is 18.4 Å². The molecule has 0 radical (unpaired) electrons. The molecule has 2 aliphatic rings. The number of ether oxygens (including phenoxy) is 1. The lowest BCUT2D eigenvalue weighted by molar-refractivity contribution is -0.118. The van der Waals surface area contributed by atoms with Gasteiger partial charge in [-0.05, 0) is 30.9 Å². The summed E-state index contributed by atoms with van der Waals surface area (Å²) in [5.74, 6) is 1.27. The number of hydrogen-bond acceptors (Lipinski definition) is 3. The monoisotopic (exact) mass is 269 g/mol. The maximum Gasteiger partial charge on any atom is 0.262 e. The van der Waals surface area contributed by atoms with Crippen molar-refractivity contribution in [2.45, 2.75) is 18.8 Å². The Bertz CT molecular complexity index is 701. The molecule has 1 aromatic carbocycles. The summed E-state index contributed by atoms with van der Waals surface area (Å²) in [7, 11) is 1.96. The predicted molar refractivity (Wildman–Crippen MR) is 74.7 cm³/mol. The van der Waals surface area contributed by atoms with E-state index in [9.17, 15) is 4.79 Å². The van der Waals surface area contributed by atoms with Crippen LogP contribution in [0.1, 0.15) is 24.3 Å². The van der Waals surface area contributed by atoms with Crippen LogP contribution in [0.4, 0.5) is 5.69 Å². The molecular weight excluding hydrogens is 254 g/mol. The zero-order chi connectivity index (χ0) is 13.7. The van der Waals surface area contributed by atoms with Gasteiger partial charge in [-0.25, -0.2) is 0 Å². The summed E-state index contributed by atoms with van der Waals surface area (Å²) >= 11 is 0. The Labute approximate surface area is 116 Å². The highest BCUT2D eigenvalue weighted by molar-refractivity contribution is 5.95. The van der Waals surface area contributed by atoms with Crippen molar-refractivity contribution in [1.29, 1.82) is 0 Å². The summed E-state index contributed by atoms with van der Waals surface area (Å²) in [6.07, 6.45) is 4.46. The van der Waals surface area contributed by atoms with Crippen molar-refractivity contribution >= 4 is 11.6 Å². The topological polar surface area (TPSA) is 56.2 Å². The molecule has 1 saturated carbocycles. The Morgan fingerprint density at radius 1 is 1.40 bits per heavy atom. The third-order valence-electron chi connectivity index (χ3n) is 3.87. The van der Waals surface area contributed by atoms with Crippen LogP contribution in [0.25, 0.3) is 11.3 Å². The van der Waals surface area contributed by atoms with Crippen LogP contribution in [-0.4, -0.2) is 22.3 Å². The standard InChI is InChI=1S/C15H15N3O2/c1-18-15(11(7-16-18)9-2-3-9)10-4-5-12-13(6-10)20-8-14(19)17-12/h4-7,9H,2-3,8H2,1H3,(H,17,19). The number of anilines is 1. The van der Waals surface area contributed by atoms with Crippen LogP contribution in [0, 0.1) is 0 Å². The van der Waals surface area contributed by atoms with Crippen molar-refractivity contribution in [3.05, 3.63) is 30.0 Å². The van der Waals surface area contributed by atoms with Gasteiger partial charge in [-0.2, -0.15) is 5.10 Å². The Hall–Kier alpha value is -2.30. The van der Waals surface area contributed by atoms with Crippen molar-refractivity contribution in [3.63, 3.8) is 0 Å². The molecule has 0 bridgehead atoms. The van der Waals surface area contributed by atoms with Crippen LogP contribution < -0.4 is 10.1 Å². The van der Waals surface area contributed by atoms with Crippen molar-refractivity contribution in [2.75, 3.05) is 11.9 Å². The Morgan fingerprint density at radius 2 is 2.25 bits per heavy atom. The average molecular weight is 269 g/mol. The Kier molecular flexibility index (Phi) is 2.36. The largest absolute Gasteiger partial charge is 0.482 e. The molecule has 5 heteroatoms. The highest BCUT2D eigenvalue weighted by atomic mass is 16.5. The van der Waals surface area contributed by atoms with Crippen molar-refractivity contribution in [1.82, 2.24) is 9.78 Å². The summed E-state index contributed by atoms with van der Waals surface area (Å²) in [5, 5.41) is 7.19. The molecule has 0 spiro atoms. The number of rotatable bonds is 2. The molecule has 0 saturated heterocycles. The third-order valence-corrected chi connectivity index (χ3v) is 3.87. The fourth-order valence-electron chi connectivity index (χ4n) is 2.72. The van der Waals surface area contributed by atoms with Crippen molar-refractivity contribution in [2.24, 2.45) is 7.05 Å². The first-order chi connectivity index (χ1) is 9.72. The van der Waals surface area contributed by atoms with Gasteiger partial charge >= 0.3 is 0 Å². The maximum atomic E-state index is 11.3. The molecule has 5 nitrogen and oxygen atoms in total. The molecule has 2 heterocycles. The zero-order valence-electron chi connectivity index (χ0n) is 11.2. The SMILES string of the molecule is Cn1ncc(C2CC2)c1-c1ccc2c(c1)OCC(=O)N2. The quantitative estimate of drug-likeness (QED) is 0.910. The van der Waals surface area contributed by atoms with E-state index in [2.05, 4.69) is 10.4 Å². The van der Waals surface area contributed by atoms with Crippen LogP contribution in [-0.2, 0) is 11.8 Å². The molecular formula is C15H15N3O2. The van der Waals surface area contributed by atoms with Gasteiger partial charge in [0.25, 0.3) is 5.91 Å². The van der Waals surface area contributed by atoms with E-state index in [1.807, 2.05) is 36.1 Å². The minimum atomic E-state index is -0.107. The molecule has 0 unspecified atom stereocenters. The minimum Gasteiger partial charge on any atom is -0.482 e. The van der Waals surface area contributed by atoms with Crippen LogP contribution in [0.3, 0.4) is 0 Å². The number of hydrogen-bond donors (Lipinski definition) is 1. The van der Waals surface area contributed by atoms with Gasteiger partial charge in [-0.3, -0.25) is 9.48 Å². The van der Waals surface area contributed by atoms with E-state index in [-0.39, 0.29) is 12.5 Å². The van der Waals surface area contributed by atoms with Gasteiger partial charge < -0.3 is 10.1 Å². The fourth-order valence-corrected chi connectivity index (χ4v) is 2.72. The lowest BCUT2D eigenvalue weighted by atomic mass is 10.0. The molecule has 2 aromatic rings. The highest BCUT2D eigenvalue weighted by Gasteiger charge is 2.29.